The lowest BCUT2D eigenvalue weighted by Crippen LogP contribution is -2.62. The van der Waals surface area contributed by atoms with Crippen LogP contribution in [0, 0.1) is 0 Å². The van der Waals surface area contributed by atoms with Crippen molar-refractivity contribution in [3.05, 3.63) is 69.7 Å². The molecule has 15 heteroatoms. The number of benzene rings is 2. The summed E-state index contributed by atoms with van der Waals surface area (Å²) in [6, 6.07) is 7.18. The van der Waals surface area contributed by atoms with Crippen LogP contribution in [0.5, 0.6) is 0 Å². The normalized spacial score (nSPS) is 22.1. The monoisotopic (exact) mass is 511 g/mol. The zero-order valence-corrected chi connectivity index (χ0v) is 19.8. The van der Waals surface area contributed by atoms with E-state index >= 15 is 0 Å². The molecule has 0 aliphatic carbocycles. The summed E-state index contributed by atoms with van der Waals surface area (Å²) in [5.41, 5.74) is 0.148. The van der Waals surface area contributed by atoms with Crippen LogP contribution >= 0.6 is 11.6 Å². The summed E-state index contributed by atoms with van der Waals surface area (Å²) in [5.74, 6) is -11.1. The van der Waals surface area contributed by atoms with Crippen LogP contribution in [0.3, 0.4) is 0 Å². The third-order valence-electron chi connectivity index (χ3n) is 6.41. The van der Waals surface area contributed by atoms with Gasteiger partial charge < -0.3 is 15.0 Å². The predicted molar refractivity (Wildman–Crippen MR) is 133 cm³/mol. The third kappa shape index (κ3) is 4.49. The molecule has 2 heterocycles. The minimum atomic E-state index is -3.90. The number of nitrogens with zero attached hydrogens (tertiary/aromatic N) is 2. The maximum atomic E-state index is 14.6. The highest BCUT2D eigenvalue weighted by molar-refractivity contribution is 6.57. The molecule has 2 aromatic carbocycles. The summed E-state index contributed by atoms with van der Waals surface area (Å²) in [6.45, 7) is -0.175. The van der Waals surface area contributed by atoms with Crippen LogP contribution in [0.1, 0.15) is 33.0 Å². The number of fused-ring (bicyclic) bond motifs is 1. The smallest absolute Gasteiger partial charge is 0.349 e. The Bertz CT molecular complexity index is 1310. The molecule has 3 unspecified atom stereocenters. The second-order valence-corrected chi connectivity index (χ2v) is 9.24. The number of hydrogen-bond donors (Lipinski definition) is 1. The molecule has 0 bridgehead atoms. The predicted octanol–water partition coefficient (Wildman–Crippen LogP) is 0.602. The molecule has 2 aliphatic rings. The fourth-order valence-electron chi connectivity index (χ4n) is 4.22. The summed E-state index contributed by atoms with van der Waals surface area (Å²) in [6.07, 6.45) is 0. The van der Waals surface area contributed by atoms with Crippen molar-refractivity contribution in [3.8, 4) is 0 Å². The number of halogens is 3. The van der Waals surface area contributed by atoms with Gasteiger partial charge in [-0.1, -0.05) is 35.9 Å². The highest BCUT2D eigenvalue weighted by Gasteiger charge is 2.52. The van der Waals surface area contributed by atoms with Crippen LogP contribution in [0.25, 0.3) is 0 Å². The molecule has 7 nitrogen and oxygen atoms in total. The van der Waals surface area contributed by atoms with E-state index in [1.807, 2.05) is 0 Å². The lowest BCUT2D eigenvalue weighted by atomic mass is 9.40. The van der Waals surface area contributed by atoms with Crippen LogP contribution in [0.4, 0.5) is 8.78 Å². The Morgan fingerprint density at radius 1 is 1.14 bits per heavy atom. The van der Waals surface area contributed by atoms with Gasteiger partial charge in [0.2, 0.25) is 19.8 Å². The SMILES string of the molecule is [B]C(NC(=O)C(F)(F)c1ccc(Cl)cc1)c1ccc2c(c1)CN(C1C(=O)N([B])C(=O)C([B])([B])C1[B])C2=O. The number of hydrogen-bond acceptors (Lipinski definition) is 4. The van der Waals surface area contributed by atoms with Crippen molar-refractivity contribution in [2.75, 3.05) is 0 Å². The Morgan fingerprint density at radius 3 is 2.38 bits per heavy atom. The second-order valence-electron chi connectivity index (χ2n) is 8.80. The van der Waals surface area contributed by atoms with Crippen LogP contribution in [0.15, 0.2) is 42.5 Å². The average molecular weight is 511 g/mol. The highest BCUT2D eigenvalue weighted by Crippen LogP contribution is 2.44. The molecule has 0 saturated carbocycles. The zero-order chi connectivity index (χ0) is 27.4. The van der Waals surface area contributed by atoms with Crippen molar-refractivity contribution in [3.63, 3.8) is 0 Å². The quantitative estimate of drug-likeness (QED) is 0.471. The maximum Gasteiger partial charge on any atom is 0.349 e. The van der Waals surface area contributed by atoms with Gasteiger partial charge in [-0.25, -0.2) is 0 Å². The summed E-state index contributed by atoms with van der Waals surface area (Å²) < 4.78 is 29.2. The van der Waals surface area contributed by atoms with Gasteiger partial charge in [-0.05, 0) is 40.4 Å². The second kappa shape index (κ2) is 9.38. The highest BCUT2D eigenvalue weighted by atomic mass is 35.5. The molecular weight excluding hydrogens is 498 g/mol. The van der Waals surface area contributed by atoms with Crippen molar-refractivity contribution in [2.24, 2.45) is 0 Å². The van der Waals surface area contributed by atoms with Crippen molar-refractivity contribution in [2.45, 2.75) is 35.5 Å². The number of piperidine rings is 1. The number of rotatable bonds is 5. The first kappa shape index (κ1) is 27.0. The zero-order valence-electron chi connectivity index (χ0n) is 19.0. The first-order valence-electron chi connectivity index (χ1n) is 10.8. The maximum absolute atomic E-state index is 14.6. The molecule has 4 amide bonds. The van der Waals surface area contributed by atoms with Crippen LogP contribution < -0.4 is 5.32 Å². The number of carbonyl (C=O) groups excluding carboxylic acids is 4. The van der Waals surface area contributed by atoms with E-state index in [0.29, 0.717) is 5.56 Å². The average Bonchev–Trinajstić information content (AvgIpc) is 3.17. The first-order valence-corrected chi connectivity index (χ1v) is 11.2. The number of imide groups is 1. The lowest BCUT2D eigenvalue weighted by Gasteiger charge is -2.48. The first-order chi connectivity index (χ1) is 17.2. The molecular formula is C22H13B5ClF2N3O4. The van der Waals surface area contributed by atoms with Gasteiger partial charge in [-0.15, -0.1) is 0 Å². The van der Waals surface area contributed by atoms with E-state index in [9.17, 15) is 28.0 Å². The van der Waals surface area contributed by atoms with Crippen molar-refractivity contribution >= 4 is 74.6 Å². The molecule has 0 spiro atoms. The number of alkyl halides is 2. The topological polar surface area (TPSA) is 86.8 Å². The molecule has 1 saturated heterocycles. The fraction of sp³-hybridized carbons (Fsp3) is 0.273. The van der Waals surface area contributed by atoms with E-state index in [4.69, 9.17) is 51.0 Å². The van der Waals surface area contributed by atoms with Crippen LogP contribution in [-0.4, -0.2) is 78.7 Å². The Labute approximate surface area is 222 Å². The van der Waals surface area contributed by atoms with Crippen molar-refractivity contribution < 1.29 is 28.0 Å². The van der Waals surface area contributed by atoms with Crippen LogP contribution in [-0.2, 0) is 26.9 Å². The Balaban J connectivity index is 1.54. The third-order valence-corrected chi connectivity index (χ3v) is 6.66. The molecule has 2 aromatic rings. The van der Waals surface area contributed by atoms with Gasteiger partial charge in [0.1, 0.15) is 13.9 Å². The van der Waals surface area contributed by atoms with E-state index in [2.05, 4.69) is 5.32 Å². The molecule has 176 valence electrons. The van der Waals surface area contributed by atoms with Gasteiger partial charge in [-0.2, -0.15) is 8.78 Å². The minimum absolute atomic E-state index is 0.161. The molecule has 37 heavy (non-hydrogen) atoms. The van der Waals surface area contributed by atoms with Crippen molar-refractivity contribution in [1.82, 2.24) is 15.0 Å². The minimum Gasteiger partial charge on any atom is -0.352 e. The molecule has 3 atom stereocenters. The van der Waals surface area contributed by atoms with E-state index in [1.54, 1.807) is 0 Å². The Kier molecular flexibility index (Phi) is 6.86. The standard InChI is InChI=1S/C22H13B5ClF2N3O4/c23-15-14(18(35)33(27)20(37)21(15,25)26)32-8-10-7-9(1-6-13(10)17(32)34)16(24)31-19(36)22(29,30)11-2-4-12(28)5-3-11/h1-7,14-16H,8H2,(H,31,36). The molecule has 1 N–H and O–H groups in total. The molecule has 10 radical (unpaired) electrons. The van der Waals surface area contributed by atoms with Gasteiger partial charge in [0.15, 0.2) is 0 Å². The molecule has 0 aromatic heterocycles. The lowest BCUT2D eigenvalue weighted by molar-refractivity contribution is -0.147. The molecule has 1 fully saturated rings. The summed E-state index contributed by atoms with van der Waals surface area (Å²) >= 11 is 5.71. The number of nitrogens with one attached hydrogen (secondary N) is 1. The molecule has 4 rings (SSSR count). The summed E-state index contributed by atoms with van der Waals surface area (Å²) in [7, 11) is 29.0. The summed E-state index contributed by atoms with van der Waals surface area (Å²) in [4.78, 5) is 51.5. The summed E-state index contributed by atoms with van der Waals surface area (Å²) in [5, 5.41) is 0.0643. The van der Waals surface area contributed by atoms with Gasteiger partial charge >= 0.3 is 5.92 Å². The Hall–Kier alpha value is -3.01. The van der Waals surface area contributed by atoms with E-state index < -0.39 is 58.1 Å². The van der Waals surface area contributed by atoms with E-state index in [0.717, 1.165) is 17.0 Å². The van der Waals surface area contributed by atoms with Gasteiger partial charge in [0.25, 0.3) is 11.8 Å². The van der Waals surface area contributed by atoms with Gasteiger partial charge in [0, 0.05) is 28.6 Å². The largest absolute Gasteiger partial charge is 0.352 e. The number of amides is 4. The molecule has 2 aliphatic heterocycles. The van der Waals surface area contributed by atoms with Gasteiger partial charge in [-0.3, -0.25) is 19.2 Å². The van der Waals surface area contributed by atoms with Crippen molar-refractivity contribution in [1.29, 1.82) is 0 Å². The van der Waals surface area contributed by atoms with Crippen LogP contribution in [0.2, 0.25) is 16.1 Å². The fourth-order valence-corrected chi connectivity index (χ4v) is 4.35. The van der Waals surface area contributed by atoms with E-state index in [1.165, 1.54) is 30.3 Å². The van der Waals surface area contributed by atoms with Gasteiger partial charge in [0.05, 0.1) is 23.5 Å². The Morgan fingerprint density at radius 2 is 1.76 bits per heavy atom. The number of carbonyl (C=O) groups is 4. The van der Waals surface area contributed by atoms with E-state index in [-0.39, 0.29) is 27.5 Å².